The SMILES string of the molecule is C#CCCC(=O)O.CC(=O)O.CC(=O)O.O=C(O)CCc1cn(Cc2ccccc2)nn1.[Cu].[N-]=[N+]=NCc1ccccc1. The summed E-state index contributed by atoms with van der Waals surface area (Å²) in [6.45, 7) is 3.26. The van der Waals surface area contributed by atoms with E-state index in [-0.39, 0.29) is 29.9 Å². The minimum Gasteiger partial charge on any atom is -0.481 e. The van der Waals surface area contributed by atoms with Crippen LogP contribution in [0.3, 0.4) is 0 Å². The van der Waals surface area contributed by atoms with Crippen LogP contribution >= 0.6 is 0 Å². The number of azide groups is 1. The summed E-state index contributed by atoms with van der Waals surface area (Å²) in [7, 11) is 0. The number of aryl methyl sites for hydroxylation is 1. The standard InChI is InChI=1S/C12H13N3O2.C7H7N3.C5H6O2.2C2H4O2.Cu/c16-12(17)7-6-11-9-15(14-13-11)8-10-4-2-1-3-5-10;8-10-9-6-7-4-2-1-3-5-7;1-2-3-4-5(6)7;2*1-2(3)4;/h1-5,9H,6-8H2,(H,16,17);1-5H,6H2;1H,3-4H2,(H,6,7);2*1H3,(H,3,4);. The van der Waals surface area contributed by atoms with Crippen molar-refractivity contribution in [3.05, 3.63) is 94.1 Å². The summed E-state index contributed by atoms with van der Waals surface area (Å²) < 4.78 is 1.71. The topological polar surface area (TPSA) is 229 Å². The molecule has 0 bridgehead atoms. The first-order valence-electron chi connectivity index (χ1n) is 12.1. The van der Waals surface area contributed by atoms with Crippen molar-refractivity contribution in [1.29, 1.82) is 0 Å². The van der Waals surface area contributed by atoms with Gasteiger partial charge in [-0.3, -0.25) is 19.2 Å². The molecule has 0 amide bonds. The molecule has 0 fully saturated rings. The van der Waals surface area contributed by atoms with Gasteiger partial charge in [0.25, 0.3) is 11.9 Å². The van der Waals surface area contributed by atoms with Gasteiger partial charge in [0.15, 0.2) is 0 Å². The van der Waals surface area contributed by atoms with Crippen LogP contribution in [-0.2, 0) is 55.8 Å². The van der Waals surface area contributed by atoms with E-state index in [2.05, 4.69) is 26.3 Å². The Morgan fingerprint density at radius 2 is 1.35 bits per heavy atom. The Balaban J connectivity index is -0.000000526. The maximum absolute atomic E-state index is 10.4. The van der Waals surface area contributed by atoms with Gasteiger partial charge in [0.1, 0.15) is 0 Å². The second kappa shape index (κ2) is 28.4. The van der Waals surface area contributed by atoms with Gasteiger partial charge in [-0.05, 0) is 16.7 Å². The van der Waals surface area contributed by atoms with Gasteiger partial charge in [-0.1, -0.05) is 71.0 Å². The van der Waals surface area contributed by atoms with E-state index in [0.29, 0.717) is 31.6 Å². The van der Waals surface area contributed by atoms with E-state index >= 15 is 0 Å². The Hall–Kier alpha value is -5.15. The number of nitrogens with zero attached hydrogens (tertiary/aromatic N) is 6. The molecule has 3 rings (SSSR count). The van der Waals surface area contributed by atoms with E-state index in [1.54, 1.807) is 10.9 Å². The first-order chi connectivity index (χ1) is 19.9. The van der Waals surface area contributed by atoms with Crippen LogP contribution < -0.4 is 0 Å². The van der Waals surface area contributed by atoms with E-state index in [4.69, 9.17) is 42.0 Å². The maximum Gasteiger partial charge on any atom is 0.304 e. The van der Waals surface area contributed by atoms with E-state index in [0.717, 1.165) is 25.0 Å². The van der Waals surface area contributed by atoms with Crippen LogP contribution in [0, 0.1) is 12.3 Å². The smallest absolute Gasteiger partial charge is 0.304 e. The van der Waals surface area contributed by atoms with Crippen LogP contribution in [0.4, 0.5) is 0 Å². The molecule has 0 aliphatic carbocycles. The molecule has 4 N–H and O–H groups in total. The number of aromatic nitrogens is 3. The van der Waals surface area contributed by atoms with Gasteiger partial charge in [-0.25, -0.2) is 4.68 Å². The van der Waals surface area contributed by atoms with Gasteiger partial charge in [0.2, 0.25) is 0 Å². The van der Waals surface area contributed by atoms with Crippen molar-refractivity contribution in [3.8, 4) is 12.3 Å². The van der Waals surface area contributed by atoms with Crippen LogP contribution in [0.1, 0.15) is 49.9 Å². The molecule has 0 aliphatic rings. The summed E-state index contributed by atoms with van der Waals surface area (Å²) in [5, 5.41) is 42.7. The third kappa shape index (κ3) is 33.0. The molecule has 0 spiro atoms. The van der Waals surface area contributed by atoms with Crippen molar-refractivity contribution >= 4 is 23.9 Å². The molecule has 0 atom stereocenters. The number of carboxylic acid groups (broad SMARTS) is 4. The number of terminal acetylenes is 1. The number of aliphatic carboxylic acids is 4. The molecule has 2 aromatic carbocycles. The number of carboxylic acids is 4. The summed E-state index contributed by atoms with van der Waals surface area (Å²) in [4.78, 5) is 40.7. The predicted molar refractivity (Wildman–Crippen MR) is 153 cm³/mol. The molecule has 1 aromatic heterocycles. The molecule has 235 valence electrons. The predicted octanol–water partition coefficient (Wildman–Crippen LogP) is 4.50. The average Bonchev–Trinajstić information content (AvgIpc) is 3.38. The Morgan fingerprint density at radius 1 is 0.884 bits per heavy atom. The van der Waals surface area contributed by atoms with Crippen molar-refractivity contribution in [2.75, 3.05) is 0 Å². The molecular weight excluding hydrogens is 612 g/mol. The summed E-state index contributed by atoms with van der Waals surface area (Å²) in [6.07, 6.45) is 7.47. The van der Waals surface area contributed by atoms with Crippen molar-refractivity contribution in [2.45, 2.75) is 52.6 Å². The molecule has 1 heterocycles. The third-order valence-corrected chi connectivity index (χ3v) is 4.01. The molecule has 0 aliphatic heterocycles. The van der Waals surface area contributed by atoms with Gasteiger partial charge >= 0.3 is 11.9 Å². The molecular formula is C28H34CuN6O8. The Morgan fingerprint density at radius 3 is 1.74 bits per heavy atom. The number of hydrogen-bond acceptors (Lipinski definition) is 7. The van der Waals surface area contributed by atoms with Crippen molar-refractivity contribution in [3.63, 3.8) is 0 Å². The first kappa shape index (κ1) is 42.3. The van der Waals surface area contributed by atoms with Gasteiger partial charge in [0.05, 0.1) is 31.6 Å². The molecule has 0 saturated carbocycles. The van der Waals surface area contributed by atoms with Gasteiger partial charge in [-0.15, -0.1) is 17.4 Å². The first-order valence-corrected chi connectivity index (χ1v) is 12.1. The fourth-order valence-corrected chi connectivity index (χ4v) is 2.41. The molecule has 14 nitrogen and oxygen atoms in total. The number of benzene rings is 2. The van der Waals surface area contributed by atoms with E-state index in [1.807, 2.05) is 60.7 Å². The molecule has 1 radical (unpaired) electrons. The van der Waals surface area contributed by atoms with Crippen LogP contribution in [0.5, 0.6) is 0 Å². The molecule has 0 unspecified atom stereocenters. The second-order valence-corrected chi connectivity index (χ2v) is 7.80. The van der Waals surface area contributed by atoms with Crippen LogP contribution in [0.25, 0.3) is 10.4 Å². The van der Waals surface area contributed by atoms with E-state index in [9.17, 15) is 9.59 Å². The Labute approximate surface area is 259 Å². The minimum absolute atomic E-state index is 0. The van der Waals surface area contributed by atoms with Crippen LogP contribution in [-0.4, -0.2) is 59.3 Å². The summed E-state index contributed by atoms with van der Waals surface area (Å²) in [5.74, 6) is -1.10. The monoisotopic (exact) mass is 645 g/mol. The molecule has 3 aromatic rings. The van der Waals surface area contributed by atoms with Gasteiger partial charge < -0.3 is 20.4 Å². The molecule has 15 heteroatoms. The van der Waals surface area contributed by atoms with E-state index < -0.39 is 23.9 Å². The Bertz CT molecular complexity index is 1270. The fraction of sp³-hybridized carbons (Fsp3) is 0.286. The zero-order chi connectivity index (χ0) is 32.2. The normalized spacial score (nSPS) is 8.40. The number of rotatable bonds is 9. The van der Waals surface area contributed by atoms with Gasteiger partial charge in [-0.2, -0.15) is 0 Å². The fourth-order valence-electron chi connectivity index (χ4n) is 2.41. The number of carbonyl (C=O) groups is 4. The van der Waals surface area contributed by atoms with Crippen molar-refractivity contribution in [2.24, 2.45) is 5.11 Å². The summed E-state index contributed by atoms with van der Waals surface area (Å²) in [5.41, 5.74) is 10.9. The van der Waals surface area contributed by atoms with Gasteiger partial charge in [0, 0.05) is 54.9 Å². The van der Waals surface area contributed by atoms with E-state index in [1.165, 1.54) is 0 Å². The maximum atomic E-state index is 10.4. The zero-order valence-electron chi connectivity index (χ0n) is 23.6. The summed E-state index contributed by atoms with van der Waals surface area (Å²) >= 11 is 0. The molecule has 0 saturated heterocycles. The second-order valence-electron chi connectivity index (χ2n) is 7.80. The zero-order valence-corrected chi connectivity index (χ0v) is 24.5. The number of hydrogen-bond donors (Lipinski definition) is 4. The summed E-state index contributed by atoms with van der Waals surface area (Å²) in [6, 6.07) is 19.5. The Kier molecular flexibility index (Phi) is 27.9. The van der Waals surface area contributed by atoms with Crippen molar-refractivity contribution < 1.29 is 56.7 Å². The van der Waals surface area contributed by atoms with Crippen LogP contribution in [0.15, 0.2) is 72.0 Å². The third-order valence-electron chi connectivity index (χ3n) is 4.01. The quantitative estimate of drug-likeness (QED) is 0.0836. The van der Waals surface area contributed by atoms with Crippen LogP contribution in [0.2, 0.25) is 0 Å². The molecule has 43 heavy (non-hydrogen) atoms. The average molecular weight is 646 g/mol. The van der Waals surface area contributed by atoms with Crippen molar-refractivity contribution in [1.82, 2.24) is 15.0 Å². The largest absolute Gasteiger partial charge is 0.481 e. The minimum atomic E-state index is -0.835.